The first kappa shape index (κ1) is 22.4. The van der Waals surface area contributed by atoms with E-state index in [0.717, 1.165) is 12.3 Å². The number of hydrogen-bond donors (Lipinski definition) is 0. The zero-order chi connectivity index (χ0) is 22.6. The van der Waals surface area contributed by atoms with E-state index in [2.05, 4.69) is 4.98 Å². The number of halogens is 5. The van der Waals surface area contributed by atoms with Gasteiger partial charge < -0.3 is 4.90 Å². The fraction of sp³-hybridized carbons (Fsp3) is 0.217. The van der Waals surface area contributed by atoms with E-state index in [0.29, 0.717) is 22.5 Å². The van der Waals surface area contributed by atoms with Gasteiger partial charge in [-0.05, 0) is 54.4 Å². The van der Waals surface area contributed by atoms with Crippen LogP contribution in [0.3, 0.4) is 0 Å². The molecule has 0 bridgehead atoms. The molecule has 1 aromatic heterocycles. The molecule has 0 saturated heterocycles. The number of carbonyl (C=O) groups is 1. The van der Waals surface area contributed by atoms with Crippen LogP contribution in [0.4, 0.5) is 27.6 Å². The minimum absolute atomic E-state index is 0.0454. The van der Waals surface area contributed by atoms with E-state index < -0.39 is 23.4 Å². The Morgan fingerprint density at radius 1 is 1.00 bits per heavy atom. The van der Waals surface area contributed by atoms with Crippen LogP contribution in [0.25, 0.3) is 0 Å². The van der Waals surface area contributed by atoms with Crippen LogP contribution in [0, 0.1) is 18.6 Å². The van der Waals surface area contributed by atoms with Crippen molar-refractivity contribution in [2.24, 2.45) is 0 Å². The van der Waals surface area contributed by atoms with E-state index in [-0.39, 0.29) is 25.3 Å². The van der Waals surface area contributed by atoms with Crippen molar-refractivity contribution in [1.29, 1.82) is 0 Å². The van der Waals surface area contributed by atoms with Gasteiger partial charge in [-0.25, -0.2) is 8.78 Å². The van der Waals surface area contributed by atoms with Gasteiger partial charge in [-0.1, -0.05) is 18.2 Å². The summed E-state index contributed by atoms with van der Waals surface area (Å²) in [5, 5.41) is 0. The third kappa shape index (κ3) is 5.87. The standard InChI is InChI=1S/C23H19F5N2O/c1-15-2-9-20(13-21(15)25)30(22(31)12-16-3-6-18(24)7-4-16)11-10-19-8-5-17(14-29-19)23(26,27)28/h2-9,13-14H,10-12H2,1H3. The van der Waals surface area contributed by atoms with E-state index in [4.69, 9.17) is 0 Å². The van der Waals surface area contributed by atoms with Crippen LogP contribution in [0.1, 0.15) is 22.4 Å². The Labute approximate surface area is 176 Å². The summed E-state index contributed by atoms with van der Waals surface area (Å²) in [5.41, 5.74) is 0.819. The van der Waals surface area contributed by atoms with Crippen molar-refractivity contribution in [3.8, 4) is 0 Å². The monoisotopic (exact) mass is 434 g/mol. The molecule has 1 amide bonds. The van der Waals surface area contributed by atoms with Crippen molar-refractivity contribution >= 4 is 11.6 Å². The highest BCUT2D eigenvalue weighted by Crippen LogP contribution is 2.28. The number of aryl methyl sites for hydroxylation is 1. The normalized spacial score (nSPS) is 11.4. The Morgan fingerprint density at radius 2 is 1.71 bits per heavy atom. The molecular formula is C23H19F5N2O. The highest BCUT2D eigenvalue weighted by Gasteiger charge is 2.30. The molecular weight excluding hydrogens is 415 g/mol. The second kappa shape index (κ2) is 9.24. The van der Waals surface area contributed by atoms with Gasteiger partial charge in [0.2, 0.25) is 5.91 Å². The molecule has 8 heteroatoms. The van der Waals surface area contributed by atoms with Crippen LogP contribution in [0.5, 0.6) is 0 Å². The van der Waals surface area contributed by atoms with Gasteiger partial charge in [0.1, 0.15) is 11.6 Å². The average Bonchev–Trinajstić information content (AvgIpc) is 2.72. The zero-order valence-electron chi connectivity index (χ0n) is 16.6. The molecule has 0 aliphatic carbocycles. The van der Waals surface area contributed by atoms with Gasteiger partial charge in [-0.3, -0.25) is 9.78 Å². The lowest BCUT2D eigenvalue weighted by Crippen LogP contribution is -2.34. The number of amides is 1. The highest BCUT2D eigenvalue weighted by atomic mass is 19.4. The second-order valence-electron chi connectivity index (χ2n) is 7.07. The lowest BCUT2D eigenvalue weighted by atomic mass is 10.1. The van der Waals surface area contributed by atoms with Crippen molar-refractivity contribution < 1.29 is 26.7 Å². The molecule has 3 aromatic rings. The zero-order valence-corrected chi connectivity index (χ0v) is 16.6. The first-order valence-electron chi connectivity index (χ1n) is 9.46. The molecule has 1 heterocycles. The molecule has 0 saturated carbocycles. The maximum atomic E-state index is 14.1. The Morgan fingerprint density at radius 3 is 2.29 bits per heavy atom. The number of rotatable bonds is 6. The van der Waals surface area contributed by atoms with E-state index >= 15 is 0 Å². The van der Waals surface area contributed by atoms with Gasteiger partial charge in [0, 0.05) is 30.5 Å². The summed E-state index contributed by atoms with van der Waals surface area (Å²) in [6.07, 6.45) is -3.62. The van der Waals surface area contributed by atoms with Crippen molar-refractivity contribution in [3.63, 3.8) is 0 Å². The lowest BCUT2D eigenvalue weighted by molar-refractivity contribution is -0.137. The van der Waals surface area contributed by atoms with Gasteiger partial charge in [0.05, 0.1) is 12.0 Å². The molecule has 0 N–H and O–H groups in total. The van der Waals surface area contributed by atoms with E-state index in [1.165, 1.54) is 41.3 Å². The molecule has 0 unspecified atom stereocenters. The van der Waals surface area contributed by atoms with Crippen molar-refractivity contribution in [1.82, 2.24) is 4.98 Å². The van der Waals surface area contributed by atoms with Gasteiger partial charge in [0.25, 0.3) is 0 Å². The second-order valence-corrected chi connectivity index (χ2v) is 7.07. The Balaban J connectivity index is 1.80. The summed E-state index contributed by atoms with van der Waals surface area (Å²) >= 11 is 0. The van der Waals surface area contributed by atoms with Gasteiger partial charge in [-0.15, -0.1) is 0 Å². The molecule has 0 aliphatic heterocycles. The Kier molecular flexibility index (Phi) is 6.68. The van der Waals surface area contributed by atoms with Crippen LogP contribution in [-0.4, -0.2) is 17.4 Å². The smallest absolute Gasteiger partial charge is 0.312 e. The SMILES string of the molecule is Cc1ccc(N(CCc2ccc(C(F)(F)F)cn2)C(=O)Cc2ccc(F)cc2)cc1F. The maximum absolute atomic E-state index is 14.1. The topological polar surface area (TPSA) is 33.2 Å². The fourth-order valence-electron chi connectivity index (χ4n) is 2.99. The first-order chi connectivity index (χ1) is 14.6. The number of anilines is 1. The summed E-state index contributed by atoms with van der Waals surface area (Å²) in [4.78, 5) is 18.1. The average molecular weight is 434 g/mol. The van der Waals surface area contributed by atoms with Crippen LogP contribution < -0.4 is 4.90 Å². The summed E-state index contributed by atoms with van der Waals surface area (Å²) in [6.45, 7) is 1.68. The van der Waals surface area contributed by atoms with Gasteiger partial charge in [-0.2, -0.15) is 13.2 Å². The van der Waals surface area contributed by atoms with Crippen molar-refractivity contribution in [2.75, 3.05) is 11.4 Å². The summed E-state index contributed by atoms with van der Waals surface area (Å²) in [7, 11) is 0. The number of aromatic nitrogens is 1. The number of alkyl halides is 3. The third-order valence-electron chi connectivity index (χ3n) is 4.78. The lowest BCUT2D eigenvalue weighted by Gasteiger charge is -2.23. The number of nitrogens with zero attached hydrogens (tertiary/aromatic N) is 2. The van der Waals surface area contributed by atoms with E-state index in [1.807, 2.05) is 0 Å². The van der Waals surface area contributed by atoms with E-state index in [9.17, 15) is 26.7 Å². The quantitative estimate of drug-likeness (QED) is 0.480. The van der Waals surface area contributed by atoms with E-state index in [1.54, 1.807) is 19.1 Å². The Bertz CT molecular complexity index is 1050. The molecule has 0 aliphatic rings. The predicted octanol–water partition coefficient (Wildman–Crippen LogP) is 5.51. The molecule has 0 radical (unpaired) electrons. The van der Waals surface area contributed by atoms with Crippen LogP contribution in [0.15, 0.2) is 60.8 Å². The number of benzene rings is 2. The third-order valence-corrected chi connectivity index (χ3v) is 4.78. The predicted molar refractivity (Wildman–Crippen MR) is 107 cm³/mol. The van der Waals surface area contributed by atoms with Crippen molar-refractivity contribution in [2.45, 2.75) is 25.9 Å². The van der Waals surface area contributed by atoms with Gasteiger partial charge >= 0.3 is 6.18 Å². The fourth-order valence-corrected chi connectivity index (χ4v) is 2.99. The van der Waals surface area contributed by atoms with Crippen LogP contribution >= 0.6 is 0 Å². The molecule has 3 nitrogen and oxygen atoms in total. The van der Waals surface area contributed by atoms with Crippen LogP contribution in [-0.2, 0) is 23.8 Å². The maximum Gasteiger partial charge on any atom is 0.417 e. The summed E-state index contributed by atoms with van der Waals surface area (Å²) < 4.78 is 65.4. The Hall–Kier alpha value is -3.29. The largest absolute Gasteiger partial charge is 0.417 e. The molecule has 31 heavy (non-hydrogen) atoms. The number of pyridine rings is 1. The molecule has 0 fully saturated rings. The molecule has 162 valence electrons. The molecule has 0 spiro atoms. The highest BCUT2D eigenvalue weighted by molar-refractivity contribution is 5.94. The minimum Gasteiger partial charge on any atom is -0.312 e. The molecule has 3 rings (SSSR count). The van der Waals surface area contributed by atoms with Crippen molar-refractivity contribution in [3.05, 3.63) is 94.8 Å². The molecule has 0 atom stereocenters. The summed E-state index contributed by atoms with van der Waals surface area (Å²) in [5.74, 6) is -1.27. The first-order valence-corrected chi connectivity index (χ1v) is 9.46. The number of hydrogen-bond acceptors (Lipinski definition) is 2. The number of carbonyl (C=O) groups excluding carboxylic acids is 1. The summed E-state index contributed by atoms with van der Waals surface area (Å²) in [6, 6.07) is 12.0. The molecule has 2 aromatic carbocycles. The minimum atomic E-state index is -4.48. The van der Waals surface area contributed by atoms with Gasteiger partial charge in [0.15, 0.2) is 0 Å². The van der Waals surface area contributed by atoms with Crippen LogP contribution in [0.2, 0.25) is 0 Å².